The first-order chi connectivity index (χ1) is 15.9. The third-order valence-electron chi connectivity index (χ3n) is 5.23. The number of hydrogen-bond donors (Lipinski definition) is 0. The van der Waals surface area contributed by atoms with Crippen molar-refractivity contribution in [1.82, 2.24) is 4.57 Å². The van der Waals surface area contributed by atoms with Crippen LogP contribution in [0.1, 0.15) is 31.8 Å². The number of nitrogens with zero attached hydrogens (tertiary/aromatic N) is 1. The van der Waals surface area contributed by atoms with Gasteiger partial charge in [-0.3, -0.25) is 4.79 Å². The molecular weight excluding hydrogens is 435 g/mol. The highest BCUT2D eigenvalue weighted by atomic mass is 19.1. The van der Waals surface area contributed by atoms with Crippen molar-refractivity contribution in [3.05, 3.63) is 100 Å². The quantitative estimate of drug-likeness (QED) is 0.282. The van der Waals surface area contributed by atoms with Crippen molar-refractivity contribution in [3.63, 3.8) is 0 Å². The second kappa shape index (κ2) is 9.20. The van der Waals surface area contributed by atoms with Crippen LogP contribution in [-0.4, -0.2) is 23.9 Å². The monoisotopic (exact) mass is 453 g/mol. The molecule has 4 aromatic rings. The molecule has 0 unspecified atom stereocenters. The molecule has 0 saturated carbocycles. The van der Waals surface area contributed by atoms with Gasteiger partial charge in [0, 0.05) is 39.9 Å². The number of halogens is 3. The molecule has 5 nitrogen and oxygen atoms in total. The molecule has 0 aliphatic carbocycles. The summed E-state index contributed by atoms with van der Waals surface area (Å²) in [6, 6.07) is 12.0. The van der Waals surface area contributed by atoms with Gasteiger partial charge in [-0.15, -0.1) is 0 Å². The minimum Gasteiger partial charge on any atom is -0.488 e. The number of aromatic nitrogens is 1. The largest absolute Gasteiger partial charge is 0.488 e. The van der Waals surface area contributed by atoms with Crippen LogP contribution in [0.3, 0.4) is 0 Å². The Hall–Kier alpha value is -4.07. The first-order valence-electron chi connectivity index (χ1n) is 9.91. The summed E-state index contributed by atoms with van der Waals surface area (Å²) in [6.45, 7) is -0.0861. The van der Waals surface area contributed by atoms with Gasteiger partial charge in [0.15, 0.2) is 6.29 Å². The average Bonchev–Trinajstić information content (AvgIpc) is 3.16. The molecule has 8 heteroatoms. The smallest absolute Gasteiger partial charge is 0.338 e. The van der Waals surface area contributed by atoms with Gasteiger partial charge >= 0.3 is 5.97 Å². The fraction of sp³-hybridized carbons (Fsp3) is 0.120. The Balaban J connectivity index is 1.70. The lowest BCUT2D eigenvalue weighted by Gasteiger charge is -2.14. The summed E-state index contributed by atoms with van der Waals surface area (Å²) in [5, 5.41) is 0.423. The Morgan fingerprint density at radius 2 is 1.76 bits per heavy atom. The number of aldehydes is 1. The lowest BCUT2D eigenvalue weighted by atomic mass is 10.1. The van der Waals surface area contributed by atoms with Crippen molar-refractivity contribution >= 4 is 23.2 Å². The highest BCUT2D eigenvalue weighted by Gasteiger charge is 2.18. The van der Waals surface area contributed by atoms with E-state index in [2.05, 4.69) is 0 Å². The molecule has 33 heavy (non-hydrogen) atoms. The van der Waals surface area contributed by atoms with Crippen LogP contribution in [0, 0.1) is 17.5 Å². The van der Waals surface area contributed by atoms with E-state index >= 15 is 0 Å². The van der Waals surface area contributed by atoms with Gasteiger partial charge in [0.2, 0.25) is 0 Å². The number of carbonyl (C=O) groups excluding carboxylic acids is 2. The molecule has 0 saturated heterocycles. The first-order valence-corrected chi connectivity index (χ1v) is 9.91. The van der Waals surface area contributed by atoms with Crippen LogP contribution in [-0.2, 0) is 17.9 Å². The molecule has 0 atom stereocenters. The molecule has 168 valence electrons. The molecule has 0 spiro atoms. The number of hydrogen-bond acceptors (Lipinski definition) is 4. The summed E-state index contributed by atoms with van der Waals surface area (Å²) >= 11 is 0. The van der Waals surface area contributed by atoms with Crippen LogP contribution in [0.25, 0.3) is 10.9 Å². The predicted molar refractivity (Wildman–Crippen MR) is 115 cm³/mol. The van der Waals surface area contributed by atoms with Crippen molar-refractivity contribution < 1.29 is 32.2 Å². The van der Waals surface area contributed by atoms with Gasteiger partial charge in [-0.1, -0.05) is 6.07 Å². The van der Waals surface area contributed by atoms with Gasteiger partial charge in [0.25, 0.3) is 0 Å². The Morgan fingerprint density at radius 3 is 2.48 bits per heavy atom. The zero-order valence-electron chi connectivity index (χ0n) is 17.5. The van der Waals surface area contributed by atoms with Gasteiger partial charge in [-0.05, 0) is 42.5 Å². The van der Waals surface area contributed by atoms with Crippen LogP contribution in [0.2, 0.25) is 0 Å². The van der Waals surface area contributed by atoms with E-state index in [1.54, 1.807) is 29.0 Å². The third-order valence-corrected chi connectivity index (χ3v) is 5.23. The maximum absolute atomic E-state index is 14.0. The Kier molecular flexibility index (Phi) is 6.17. The second-order valence-corrected chi connectivity index (χ2v) is 7.30. The Bertz CT molecular complexity index is 1360. The standard InChI is InChI=1S/C25H18F3NO4/c1-32-25(31)20-3-2-4-22-24(20)17(13-30)12-29(22)11-16-9-18(26)7-8-23(16)33-14-15-5-6-19(27)10-21(15)28/h2-10,12-13H,11,14H2,1H3. The van der Waals surface area contributed by atoms with E-state index in [0.717, 1.165) is 12.1 Å². The third kappa shape index (κ3) is 4.45. The van der Waals surface area contributed by atoms with E-state index in [1.807, 2.05) is 0 Å². The summed E-state index contributed by atoms with van der Waals surface area (Å²) in [4.78, 5) is 23.8. The molecule has 0 bridgehead atoms. The highest BCUT2D eigenvalue weighted by molar-refractivity contribution is 6.10. The molecule has 1 heterocycles. The molecular formula is C25H18F3NO4. The number of methoxy groups -OCH3 is 1. The highest BCUT2D eigenvalue weighted by Crippen LogP contribution is 2.29. The molecule has 0 aliphatic heterocycles. The lowest BCUT2D eigenvalue weighted by Crippen LogP contribution is -2.05. The van der Waals surface area contributed by atoms with E-state index in [9.17, 15) is 22.8 Å². The molecule has 0 aliphatic rings. The van der Waals surface area contributed by atoms with Gasteiger partial charge < -0.3 is 14.0 Å². The molecule has 3 aromatic carbocycles. The predicted octanol–water partition coefficient (Wildman–Crippen LogP) is 5.29. The van der Waals surface area contributed by atoms with Crippen molar-refractivity contribution in [3.8, 4) is 5.75 Å². The van der Waals surface area contributed by atoms with E-state index in [0.29, 0.717) is 28.5 Å². The Morgan fingerprint density at radius 1 is 1.00 bits per heavy atom. The van der Waals surface area contributed by atoms with Crippen LogP contribution < -0.4 is 4.74 Å². The number of fused-ring (bicyclic) bond motifs is 1. The molecule has 1 aromatic heterocycles. The van der Waals surface area contributed by atoms with Gasteiger partial charge in [-0.2, -0.15) is 0 Å². The van der Waals surface area contributed by atoms with Crippen molar-refractivity contribution in [1.29, 1.82) is 0 Å². The fourth-order valence-electron chi connectivity index (χ4n) is 3.68. The van der Waals surface area contributed by atoms with Gasteiger partial charge in [-0.25, -0.2) is 18.0 Å². The molecule has 0 amide bonds. The van der Waals surface area contributed by atoms with Crippen LogP contribution >= 0.6 is 0 Å². The van der Waals surface area contributed by atoms with Crippen molar-refractivity contribution in [2.24, 2.45) is 0 Å². The number of benzene rings is 3. The summed E-state index contributed by atoms with van der Waals surface area (Å²) in [6.07, 6.45) is 2.18. The normalized spacial score (nSPS) is 10.9. The molecule has 4 rings (SSSR count). The minimum atomic E-state index is -0.749. The van der Waals surface area contributed by atoms with Crippen LogP contribution in [0.5, 0.6) is 5.75 Å². The molecule has 0 N–H and O–H groups in total. The van der Waals surface area contributed by atoms with Gasteiger partial charge in [0.1, 0.15) is 29.8 Å². The summed E-state index contributed by atoms with van der Waals surface area (Å²) in [5.41, 5.74) is 1.65. The Labute approximate surface area is 187 Å². The van der Waals surface area contributed by atoms with Crippen molar-refractivity contribution in [2.45, 2.75) is 13.2 Å². The number of carbonyl (C=O) groups is 2. The van der Waals surface area contributed by atoms with E-state index in [1.165, 1.54) is 31.4 Å². The van der Waals surface area contributed by atoms with E-state index in [4.69, 9.17) is 9.47 Å². The van der Waals surface area contributed by atoms with Crippen LogP contribution in [0.15, 0.2) is 60.8 Å². The minimum absolute atomic E-state index is 0.105. The topological polar surface area (TPSA) is 57.5 Å². The zero-order chi connectivity index (χ0) is 23.5. The van der Waals surface area contributed by atoms with E-state index < -0.39 is 23.4 Å². The second-order valence-electron chi connectivity index (χ2n) is 7.30. The number of rotatable bonds is 7. The maximum Gasteiger partial charge on any atom is 0.338 e. The van der Waals surface area contributed by atoms with E-state index in [-0.39, 0.29) is 29.8 Å². The lowest BCUT2D eigenvalue weighted by molar-refractivity contribution is 0.0603. The zero-order valence-corrected chi connectivity index (χ0v) is 17.5. The number of esters is 1. The molecule has 0 radical (unpaired) electrons. The fourth-order valence-corrected chi connectivity index (χ4v) is 3.68. The first kappa shape index (κ1) is 22.1. The summed E-state index contributed by atoms with van der Waals surface area (Å²) < 4.78 is 53.3. The average molecular weight is 453 g/mol. The van der Waals surface area contributed by atoms with Gasteiger partial charge in [0.05, 0.1) is 19.2 Å². The SMILES string of the molecule is COC(=O)c1cccc2c1c(C=O)cn2Cc1cc(F)ccc1OCc1ccc(F)cc1F. The maximum atomic E-state index is 14.0. The van der Waals surface area contributed by atoms with Crippen LogP contribution in [0.4, 0.5) is 13.2 Å². The van der Waals surface area contributed by atoms with Crippen molar-refractivity contribution in [2.75, 3.05) is 7.11 Å². The number of ether oxygens (including phenoxy) is 2. The summed E-state index contributed by atoms with van der Waals surface area (Å²) in [7, 11) is 1.25. The summed E-state index contributed by atoms with van der Waals surface area (Å²) in [5.74, 6) is -2.25. The molecule has 0 fully saturated rings.